The van der Waals surface area contributed by atoms with Crippen LogP contribution in [-0.4, -0.2) is 12.0 Å². The van der Waals surface area contributed by atoms with Gasteiger partial charge in [0.05, 0.1) is 17.8 Å². The third-order valence-corrected chi connectivity index (χ3v) is 3.47. The maximum absolute atomic E-state index is 7.31. The molecule has 0 aliphatic rings. The Morgan fingerprint density at radius 1 is 1.32 bits per heavy atom. The molecule has 2 rings (SSSR count). The first-order chi connectivity index (χ1) is 9.12. The fourth-order valence-electron chi connectivity index (χ4n) is 2.50. The lowest BCUT2D eigenvalue weighted by atomic mass is 9.99. The van der Waals surface area contributed by atoms with Crippen LogP contribution in [0.15, 0.2) is 12.1 Å². The molecule has 0 atom stereocenters. The number of aromatic nitrogens is 1. The van der Waals surface area contributed by atoms with Gasteiger partial charge in [-0.2, -0.15) is 0 Å². The molecule has 0 spiro atoms. The minimum Gasteiger partial charge on any atom is -0.396 e. The molecule has 2 aromatic rings. The molecule has 0 radical (unpaired) electrons. The molecule has 1 aromatic carbocycles. The first-order valence-corrected chi connectivity index (χ1v) is 6.61. The summed E-state index contributed by atoms with van der Waals surface area (Å²) in [6.07, 6.45) is 2.20. The molecule has 0 unspecified atom stereocenters. The second-order valence-electron chi connectivity index (χ2n) is 4.83. The van der Waals surface area contributed by atoms with Crippen LogP contribution >= 0.6 is 0 Å². The van der Waals surface area contributed by atoms with Crippen molar-refractivity contribution in [1.29, 1.82) is 0 Å². The summed E-state index contributed by atoms with van der Waals surface area (Å²) in [5.74, 6) is 0. The van der Waals surface area contributed by atoms with Gasteiger partial charge in [-0.05, 0) is 43.5 Å². The number of nitrogens with one attached hydrogen (secondary N) is 1. The summed E-state index contributed by atoms with van der Waals surface area (Å²) in [5.41, 5.74) is 5.90. The maximum Gasteiger partial charge on any atom is 0.230 e. The lowest BCUT2D eigenvalue weighted by Crippen LogP contribution is -1.97. The maximum atomic E-state index is 7.31. The van der Waals surface area contributed by atoms with Crippen molar-refractivity contribution in [2.45, 2.75) is 33.6 Å². The van der Waals surface area contributed by atoms with Gasteiger partial charge >= 0.3 is 0 Å². The van der Waals surface area contributed by atoms with Crippen LogP contribution in [0.5, 0.6) is 0 Å². The van der Waals surface area contributed by atoms with Gasteiger partial charge < -0.3 is 5.32 Å². The third-order valence-electron chi connectivity index (χ3n) is 3.47. The lowest BCUT2D eigenvalue weighted by molar-refractivity contribution is 0.914. The second-order valence-corrected chi connectivity index (χ2v) is 4.83. The molecule has 0 saturated carbocycles. The topological polar surface area (TPSA) is 29.3 Å². The van der Waals surface area contributed by atoms with Crippen LogP contribution in [0.2, 0.25) is 0 Å². The molecule has 19 heavy (non-hydrogen) atoms. The van der Waals surface area contributed by atoms with E-state index in [0.717, 1.165) is 35.1 Å². The van der Waals surface area contributed by atoms with Crippen molar-refractivity contribution >= 4 is 22.3 Å². The van der Waals surface area contributed by atoms with Crippen molar-refractivity contribution in [2.75, 3.05) is 12.4 Å². The molecule has 0 aliphatic carbocycles. The van der Waals surface area contributed by atoms with Gasteiger partial charge in [-0.15, -0.1) is 0 Å². The summed E-state index contributed by atoms with van der Waals surface area (Å²) < 4.78 is 0. The monoisotopic (exact) mass is 253 g/mol. The largest absolute Gasteiger partial charge is 0.396 e. The minimum atomic E-state index is 0.623. The summed E-state index contributed by atoms with van der Waals surface area (Å²) in [4.78, 5) is 8.19. The summed E-state index contributed by atoms with van der Waals surface area (Å²) in [6.45, 7) is 13.5. The normalized spacial score (nSPS) is 10.5. The number of hydrogen-bond acceptors (Lipinski definition) is 2. The lowest BCUT2D eigenvalue weighted by Gasteiger charge is -2.13. The average molecular weight is 253 g/mol. The number of rotatable bonds is 3. The fourth-order valence-corrected chi connectivity index (χ4v) is 2.50. The van der Waals surface area contributed by atoms with Crippen molar-refractivity contribution in [3.63, 3.8) is 0 Å². The van der Waals surface area contributed by atoms with Gasteiger partial charge in [-0.3, -0.25) is 4.98 Å². The highest BCUT2D eigenvalue weighted by Gasteiger charge is 2.13. The Labute approximate surface area is 114 Å². The van der Waals surface area contributed by atoms with E-state index in [4.69, 9.17) is 6.57 Å². The highest BCUT2D eigenvalue weighted by molar-refractivity contribution is 5.99. The molecule has 3 heteroatoms. The van der Waals surface area contributed by atoms with E-state index in [0.29, 0.717) is 5.69 Å². The van der Waals surface area contributed by atoms with Crippen LogP contribution in [0.25, 0.3) is 15.7 Å². The smallest absolute Gasteiger partial charge is 0.230 e. The molecular formula is C16H19N3. The van der Waals surface area contributed by atoms with Gasteiger partial charge in [-0.1, -0.05) is 13.3 Å². The quantitative estimate of drug-likeness (QED) is 0.822. The molecule has 98 valence electrons. The summed E-state index contributed by atoms with van der Waals surface area (Å²) in [6, 6.07) is 4.31. The van der Waals surface area contributed by atoms with Gasteiger partial charge in [0.15, 0.2) is 0 Å². The zero-order valence-electron chi connectivity index (χ0n) is 12.0. The standard InChI is InChI=1S/C16H19N3/c1-6-7-12-9-14-13(8-10(12)2)16(18-5)15(17-4)11(3)19-14/h8-9H,6-7H2,1-3,5H3,(H,18,19). The number of anilines is 1. The molecule has 0 bridgehead atoms. The van der Waals surface area contributed by atoms with E-state index in [-0.39, 0.29) is 0 Å². The summed E-state index contributed by atoms with van der Waals surface area (Å²) in [7, 11) is 1.86. The Kier molecular flexibility index (Phi) is 3.71. The van der Waals surface area contributed by atoms with Gasteiger partial charge in [0.25, 0.3) is 0 Å². The van der Waals surface area contributed by atoms with E-state index in [9.17, 15) is 0 Å². The van der Waals surface area contributed by atoms with E-state index in [1.54, 1.807) is 0 Å². The van der Waals surface area contributed by atoms with E-state index in [1.807, 2.05) is 14.0 Å². The zero-order valence-corrected chi connectivity index (χ0v) is 12.0. The molecule has 0 saturated heterocycles. The van der Waals surface area contributed by atoms with Crippen LogP contribution < -0.4 is 5.32 Å². The highest BCUT2D eigenvalue weighted by Crippen LogP contribution is 2.36. The Bertz CT molecular complexity index is 666. The third kappa shape index (κ3) is 2.26. The first-order valence-electron chi connectivity index (χ1n) is 6.61. The molecule has 0 amide bonds. The van der Waals surface area contributed by atoms with E-state index in [1.165, 1.54) is 11.1 Å². The predicted octanol–water partition coefficient (Wildman–Crippen LogP) is 4.40. The number of hydrogen-bond donors (Lipinski definition) is 1. The SMILES string of the molecule is [C-]#[N+]c1c(C)nc2cc(CCC)c(C)cc2c1NC. The van der Waals surface area contributed by atoms with E-state index in [2.05, 4.69) is 41.1 Å². The Morgan fingerprint density at radius 2 is 2.05 bits per heavy atom. The van der Waals surface area contributed by atoms with Crippen LogP contribution in [0, 0.1) is 20.4 Å². The van der Waals surface area contributed by atoms with Crippen LogP contribution in [0.3, 0.4) is 0 Å². The van der Waals surface area contributed by atoms with Crippen molar-refractivity contribution in [3.05, 3.63) is 40.4 Å². The number of pyridine rings is 1. The van der Waals surface area contributed by atoms with Crippen LogP contribution in [-0.2, 0) is 6.42 Å². The summed E-state index contributed by atoms with van der Waals surface area (Å²) >= 11 is 0. The second kappa shape index (κ2) is 5.27. The highest BCUT2D eigenvalue weighted by atomic mass is 14.9. The summed E-state index contributed by atoms with van der Waals surface area (Å²) in [5, 5.41) is 4.19. The van der Waals surface area contributed by atoms with Gasteiger partial charge in [0.1, 0.15) is 0 Å². The molecule has 1 aromatic heterocycles. The number of aryl methyl sites for hydroxylation is 3. The number of fused-ring (bicyclic) bond motifs is 1. The Balaban J connectivity index is 2.80. The van der Waals surface area contributed by atoms with Crippen LogP contribution in [0.4, 0.5) is 11.4 Å². The van der Waals surface area contributed by atoms with Crippen molar-refractivity contribution in [1.82, 2.24) is 4.98 Å². The van der Waals surface area contributed by atoms with E-state index < -0.39 is 0 Å². The van der Waals surface area contributed by atoms with Crippen molar-refractivity contribution < 1.29 is 0 Å². The van der Waals surface area contributed by atoms with Crippen molar-refractivity contribution in [3.8, 4) is 0 Å². The van der Waals surface area contributed by atoms with Crippen molar-refractivity contribution in [2.24, 2.45) is 0 Å². The van der Waals surface area contributed by atoms with Gasteiger partial charge in [0, 0.05) is 18.1 Å². The number of nitrogens with zero attached hydrogens (tertiary/aromatic N) is 2. The first kappa shape index (κ1) is 13.4. The molecule has 1 heterocycles. The molecule has 0 aliphatic heterocycles. The average Bonchev–Trinajstić information content (AvgIpc) is 2.39. The van der Waals surface area contributed by atoms with Gasteiger partial charge in [-0.25, -0.2) is 4.85 Å². The minimum absolute atomic E-state index is 0.623. The predicted molar refractivity (Wildman–Crippen MR) is 81.0 cm³/mol. The van der Waals surface area contributed by atoms with E-state index >= 15 is 0 Å². The van der Waals surface area contributed by atoms with Crippen LogP contribution in [0.1, 0.15) is 30.2 Å². The Hall–Kier alpha value is -2.08. The molecule has 1 N–H and O–H groups in total. The molecular weight excluding hydrogens is 234 g/mol. The molecule has 3 nitrogen and oxygen atoms in total. The van der Waals surface area contributed by atoms with Gasteiger partial charge in [0.2, 0.25) is 5.69 Å². The number of benzene rings is 1. The zero-order chi connectivity index (χ0) is 14.0. The Morgan fingerprint density at radius 3 is 2.63 bits per heavy atom. The molecule has 0 fully saturated rings. The fraction of sp³-hybridized carbons (Fsp3) is 0.375.